The molecule has 0 spiro atoms. The van der Waals surface area contributed by atoms with Gasteiger partial charge >= 0.3 is 0 Å². The Hall–Kier alpha value is -2.50. The number of rotatable bonds is 3. The number of fused-ring (bicyclic) bond motifs is 1. The molecule has 0 atom stereocenters. The van der Waals surface area contributed by atoms with Crippen molar-refractivity contribution in [3.63, 3.8) is 0 Å². The molecule has 0 radical (unpaired) electrons. The van der Waals surface area contributed by atoms with Crippen molar-refractivity contribution in [3.05, 3.63) is 41.8 Å². The Morgan fingerprint density at radius 1 is 1.33 bits per heavy atom. The zero-order valence-corrected chi connectivity index (χ0v) is 9.38. The lowest BCUT2D eigenvalue weighted by atomic mass is 10.2. The summed E-state index contributed by atoms with van der Waals surface area (Å²) in [4.78, 5) is 11.6. The molecule has 2 aromatic rings. The molecule has 0 aliphatic carbocycles. The minimum Gasteiger partial charge on any atom is -0.454 e. The highest BCUT2D eigenvalue weighted by Crippen LogP contribution is 2.32. The van der Waals surface area contributed by atoms with E-state index >= 15 is 0 Å². The zero-order valence-electron chi connectivity index (χ0n) is 9.38. The van der Waals surface area contributed by atoms with Crippen LogP contribution in [0.15, 0.2) is 35.2 Å². The minimum absolute atomic E-state index is 0.228. The second-order valence-corrected chi connectivity index (χ2v) is 3.78. The smallest absolute Gasteiger partial charge is 0.256 e. The van der Waals surface area contributed by atoms with E-state index < -0.39 is 0 Å². The van der Waals surface area contributed by atoms with Gasteiger partial charge in [0.05, 0.1) is 11.8 Å². The van der Waals surface area contributed by atoms with Crippen LogP contribution in [0.3, 0.4) is 0 Å². The summed E-state index contributed by atoms with van der Waals surface area (Å²) >= 11 is 0. The molecule has 1 aliphatic rings. The first-order chi connectivity index (χ1) is 8.83. The molecule has 92 valence electrons. The molecule has 0 saturated carbocycles. The Morgan fingerprint density at radius 3 is 3.06 bits per heavy atom. The van der Waals surface area contributed by atoms with Crippen LogP contribution in [0.2, 0.25) is 0 Å². The van der Waals surface area contributed by atoms with Gasteiger partial charge in [0.15, 0.2) is 11.5 Å². The van der Waals surface area contributed by atoms with E-state index in [-0.39, 0.29) is 12.7 Å². The van der Waals surface area contributed by atoms with Crippen molar-refractivity contribution in [1.29, 1.82) is 0 Å². The fourth-order valence-electron chi connectivity index (χ4n) is 1.65. The molecule has 6 nitrogen and oxygen atoms in total. The van der Waals surface area contributed by atoms with Crippen LogP contribution in [0.25, 0.3) is 0 Å². The van der Waals surface area contributed by atoms with E-state index in [4.69, 9.17) is 9.47 Å². The fourth-order valence-corrected chi connectivity index (χ4v) is 1.65. The average molecular weight is 246 g/mol. The van der Waals surface area contributed by atoms with E-state index in [2.05, 4.69) is 15.0 Å². The molecule has 0 fully saturated rings. The normalized spacial score (nSPS) is 12.4. The lowest BCUT2D eigenvalue weighted by Crippen LogP contribution is -2.22. The van der Waals surface area contributed by atoms with Gasteiger partial charge in [-0.25, -0.2) is 0 Å². The van der Waals surface area contributed by atoms with Crippen LogP contribution in [0.1, 0.15) is 15.9 Å². The third-order valence-electron chi connectivity index (χ3n) is 2.58. The number of benzene rings is 1. The maximum atomic E-state index is 11.6. The van der Waals surface area contributed by atoms with Crippen LogP contribution in [0.5, 0.6) is 11.5 Å². The fraction of sp³-hybridized carbons (Fsp3) is 0.167. The molecule has 6 heteroatoms. The van der Waals surface area contributed by atoms with E-state index in [1.807, 2.05) is 18.2 Å². The van der Waals surface area contributed by atoms with Crippen molar-refractivity contribution in [2.75, 3.05) is 6.79 Å². The summed E-state index contributed by atoms with van der Waals surface area (Å²) in [7, 11) is 0. The number of nitrogens with one attached hydrogen (secondary N) is 1. The number of carbonyl (C=O) groups is 1. The quantitative estimate of drug-likeness (QED) is 0.884. The Kier molecular flexibility index (Phi) is 2.60. The Labute approximate surface area is 102 Å². The zero-order chi connectivity index (χ0) is 12.4. The molecule has 18 heavy (non-hydrogen) atoms. The summed E-state index contributed by atoms with van der Waals surface area (Å²) in [6.45, 7) is 0.645. The maximum Gasteiger partial charge on any atom is 0.256 e. The van der Waals surface area contributed by atoms with Crippen molar-refractivity contribution < 1.29 is 18.8 Å². The minimum atomic E-state index is -0.228. The summed E-state index contributed by atoms with van der Waals surface area (Å²) < 4.78 is 15.1. The monoisotopic (exact) mass is 246 g/mol. The van der Waals surface area contributed by atoms with Crippen LogP contribution in [-0.2, 0) is 6.54 Å². The molecule has 0 unspecified atom stereocenters. The number of hydrogen-bond donors (Lipinski definition) is 1. The van der Waals surface area contributed by atoms with Crippen molar-refractivity contribution in [1.82, 2.24) is 10.5 Å². The molecule has 0 bridgehead atoms. The number of ether oxygens (including phenoxy) is 2. The third kappa shape index (κ3) is 2.00. The van der Waals surface area contributed by atoms with Crippen LogP contribution in [0.4, 0.5) is 0 Å². The first-order valence-corrected chi connectivity index (χ1v) is 5.39. The predicted octanol–water partition coefficient (Wildman–Crippen LogP) is 1.33. The molecule has 3 rings (SSSR count). The van der Waals surface area contributed by atoms with Crippen LogP contribution in [0, 0.1) is 0 Å². The summed E-state index contributed by atoms with van der Waals surface area (Å²) in [5.74, 6) is 1.20. The average Bonchev–Trinajstić information content (AvgIpc) is 3.05. The standard InChI is InChI=1S/C12H10N2O4/c15-12(9-5-14-18-6-9)13-4-8-1-2-10-11(3-8)17-7-16-10/h1-3,5-6H,4,7H2,(H,13,15). The lowest BCUT2D eigenvalue weighted by molar-refractivity contribution is 0.0950. The number of hydrogen-bond acceptors (Lipinski definition) is 5. The van der Waals surface area contributed by atoms with Gasteiger partial charge in [-0.2, -0.15) is 0 Å². The number of aromatic nitrogens is 1. The molecule has 1 amide bonds. The first-order valence-electron chi connectivity index (χ1n) is 5.39. The van der Waals surface area contributed by atoms with Crippen molar-refractivity contribution in [2.45, 2.75) is 6.54 Å². The molecular weight excluding hydrogens is 236 g/mol. The first kappa shape index (κ1) is 10.6. The molecule has 1 N–H and O–H groups in total. The summed E-state index contributed by atoms with van der Waals surface area (Å²) in [6.07, 6.45) is 2.67. The summed E-state index contributed by atoms with van der Waals surface area (Å²) in [6, 6.07) is 5.54. The lowest BCUT2D eigenvalue weighted by Gasteiger charge is -2.04. The van der Waals surface area contributed by atoms with Crippen molar-refractivity contribution in [3.8, 4) is 11.5 Å². The van der Waals surface area contributed by atoms with Crippen LogP contribution < -0.4 is 14.8 Å². The SMILES string of the molecule is O=C(NCc1ccc2c(c1)OCO2)c1cnoc1. The molecule has 1 aromatic carbocycles. The largest absolute Gasteiger partial charge is 0.454 e. The van der Waals surface area contributed by atoms with E-state index in [0.717, 1.165) is 11.3 Å². The number of nitrogens with zero attached hydrogens (tertiary/aromatic N) is 1. The third-order valence-corrected chi connectivity index (χ3v) is 2.58. The van der Waals surface area contributed by atoms with E-state index in [9.17, 15) is 4.79 Å². The van der Waals surface area contributed by atoms with Gasteiger partial charge in [-0.05, 0) is 17.7 Å². The number of carbonyl (C=O) groups excluding carboxylic acids is 1. The highest BCUT2D eigenvalue weighted by atomic mass is 16.7. The Balaban J connectivity index is 1.65. The van der Waals surface area contributed by atoms with Gasteiger partial charge in [-0.3, -0.25) is 4.79 Å². The van der Waals surface area contributed by atoms with Crippen LogP contribution >= 0.6 is 0 Å². The van der Waals surface area contributed by atoms with Gasteiger partial charge < -0.3 is 19.3 Å². The molecule has 0 saturated heterocycles. The molecule has 2 heterocycles. The maximum absolute atomic E-state index is 11.6. The predicted molar refractivity (Wildman–Crippen MR) is 60.2 cm³/mol. The van der Waals surface area contributed by atoms with E-state index in [1.165, 1.54) is 12.5 Å². The van der Waals surface area contributed by atoms with E-state index in [1.54, 1.807) is 0 Å². The Bertz CT molecular complexity index is 565. The molecule has 1 aliphatic heterocycles. The highest BCUT2D eigenvalue weighted by molar-refractivity contribution is 5.93. The Morgan fingerprint density at radius 2 is 2.22 bits per heavy atom. The van der Waals surface area contributed by atoms with Crippen molar-refractivity contribution in [2.24, 2.45) is 0 Å². The highest BCUT2D eigenvalue weighted by Gasteiger charge is 2.13. The van der Waals surface area contributed by atoms with Gasteiger partial charge in [0.25, 0.3) is 5.91 Å². The van der Waals surface area contributed by atoms with Gasteiger partial charge in [-0.15, -0.1) is 0 Å². The summed E-state index contributed by atoms with van der Waals surface area (Å²) in [5, 5.41) is 6.23. The van der Waals surface area contributed by atoms with Gasteiger partial charge in [0.2, 0.25) is 6.79 Å². The van der Waals surface area contributed by atoms with Gasteiger partial charge in [0, 0.05) is 6.54 Å². The van der Waals surface area contributed by atoms with Crippen molar-refractivity contribution >= 4 is 5.91 Å². The second kappa shape index (κ2) is 4.40. The van der Waals surface area contributed by atoms with E-state index in [0.29, 0.717) is 17.9 Å². The summed E-state index contributed by atoms with van der Waals surface area (Å²) in [5.41, 5.74) is 1.33. The van der Waals surface area contributed by atoms with Crippen LogP contribution in [-0.4, -0.2) is 17.9 Å². The van der Waals surface area contributed by atoms with Gasteiger partial charge in [-0.1, -0.05) is 11.2 Å². The number of amides is 1. The van der Waals surface area contributed by atoms with Gasteiger partial charge in [0.1, 0.15) is 6.26 Å². The second-order valence-electron chi connectivity index (χ2n) is 3.78. The topological polar surface area (TPSA) is 73.6 Å². The molecular formula is C12H10N2O4. The molecule has 1 aromatic heterocycles.